The molecular weight excluding hydrogens is 258 g/mol. The Hall–Kier alpha value is -1.64. The summed E-state index contributed by atoms with van der Waals surface area (Å²) in [5.74, 6) is 0. The zero-order chi connectivity index (χ0) is 14.9. The van der Waals surface area contributed by atoms with Crippen molar-refractivity contribution in [2.24, 2.45) is 0 Å². The topological polar surface area (TPSA) is 23.5 Å². The Kier molecular flexibility index (Phi) is 6.45. The van der Waals surface area contributed by atoms with E-state index in [0.29, 0.717) is 0 Å². The van der Waals surface area contributed by atoms with E-state index in [0.717, 1.165) is 32.5 Å². The van der Waals surface area contributed by atoms with Gasteiger partial charge in [0.2, 0.25) is 0 Å². The Morgan fingerprint density at radius 1 is 0.857 bits per heavy atom. The first-order valence-electron chi connectivity index (χ1n) is 7.72. The van der Waals surface area contributed by atoms with E-state index in [-0.39, 0.29) is 6.10 Å². The summed E-state index contributed by atoms with van der Waals surface area (Å²) in [6, 6.07) is 21.2. The van der Waals surface area contributed by atoms with Crippen molar-refractivity contribution in [3.05, 3.63) is 71.8 Å². The highest BCUT2D eigenvalue weighted by Gasteiger charge is 2.07. The van der Waals surface area contributed by atoms with Crippen molar-refractivity contribution in [1.82, 2.24) is 4.90 Å². The zero-order valence-electron chi connectivity index (χ0n) is 12.8. The van der Waals surface area contributed by atoms with Crippen LogP contribution in [-0.2, 0) is 13.1 Å². The molecule has 1 N–H and O–H groups in total. The highest BCUT2D eigenvalue weighted by atomic mass is 16.3. The van der Waals surface area contributed by atoms with E-state index in [1.807, 2.05) is 6.92 Å². The highest BCUT2D eigenvalue weighted by Crippen LogP contribution is 2.11. The lowest BCUT2D eigenvalue weighted by Gasteiger charge is -2.23. The molecule has 112 valence electrons. The summed E-state index contributed by atoms with van der Waals surface area (Å²) in [6.07, 6.45) is 1.68. The van der Waals surface area contributed by atoms with Crippen LogP contribution >= 0.6 is 0 Å². The number of aliphatic hydroxyl groups excluding tert-OH is 1. The van der Waals surface area contributed by atoms with Gasteiger partial charge in [-0.2, -0.15) is 0 Å². The standard InChI is InChI=1S/C19H25NO/c1-17(21)9-8-14-20(15-18-10-4-2-5-11-18)16-19-12-6-3-7-13-19/h2-7,10-13,17,21H,8-9,14-16H2,1H3. The third kappa shape index (κ3) is 6.11. The fourth-order valence-corrected chi connectivity index (χ4v) is 2.51. The smallest absolute Gasteiger partial charge is 0.0512 e. The van der Waals surface area contributed by atoms with Gasteiger partial charge >= 0.3 is 0 Å². The molecular formula is C19H25NO. The van der Waals surface area contributed by atoms with E-state index >= 15 is 0 Å². The molecule has 0 aliphatic carbocycles. The average molecular weight is 283 g/mol. The summed E-state index contributed by atoms with van der Waals surface area (Å²) in [4.78, 5) is 2.45. The van der Waals surface area contributed by atoms with Crippen LogP contribution in [0.15, 0.2) is 60.7 Å². The van der Waals surface area contributed by atoms with Gasteiger partial charge in [0.15, 0.2) is 0 Å². The number of aliphatic hydroxyl groups is 1. The monoisotopic (exact) mass is 283 g/mol. The molecule has 0 radical (unpaired) electrons. The van der Waals surface area contributed by atoms with Crippen LogP contribution in [0.25, 0.3) is 0 Å². The number of hydrogen-bond acceptors (Lipinski definition) is 2. The van der Waals surface area contributed by atoms with Gasteiger partial charge in [0, 0.05) is 13.1 Å². The van der Waals surface area contributed by atoms with E-state index in [4.69, 9.17) is 0 Å². The van der Waals surface area contributed by atoms with E-state index in [2.05, 4.69) is 65.6 Å². The van der Waals surface area contributed by atoms with Gasteiger partial charge in [-0.25, -0.2) is 0 Å². The Balaban J connectivity index is 1.96. The van der Waals surface area contributed by atoms with E-state index in [9.17, 15) is 5.11 Å². The van der Waals surface area contributed by atoms with Crippen LogP contribution in [0.2, 0.25) is 0 Å². The summed E-state index contributed by atoms with van der Waals surface area (Å²) in [5, 5.41) is 9.43. The summed E-state index contributed by atoms with van der Waals surface area (Å²) >= 11 is 0. The maximum absolute atomic E-state index is 9.43. The van der Waals surface area contributed by atoms with Gasteiger partial charge in [-0.1, -0.05) is 60.7 Å². The molecule has 0 saturated heterocycles. The number of benzene rings is 2. The second kappa shape index (κ2) is 8.60. The predicted octanol–water partition coefficient (Wildman–Crippen LogP) is 3.85. The summed E-state index contributed by atoms with van der Waals surface area (Å²) in [7, 11) is 0. The van der Waals surface area contributed by atoms with Crippen molar-refractivity contribution < 1.29 is 5.11 Å². The molecule has 0 bridgehead atoms. The van der Waals surface area contributed by atoms with Gasteiger partial charge in [-0.15, -0.1) is 0 Å². The molecule has 2 heteroatoms. The van der Waals surface area contributed by atoms with Crippen LogP contribution in [-0.4, -0.2) is 22.7 Å². The minimum absolute atomic E-state index is 0.208. The van der Waals surface area contributed by atoms with Gasteiger partial charge < -0.3 is 5.11 Å². The second-order valence-electron chi connectivity index (χ2n) is 5.67. The van der Waals surface area contributed by atoms with Gasteiger partial charge in [0.25, 0.3) is 0 Å². The van der Waals surface area contributed by atoms with Gasteiger partial charge in [-0.05, 0) is 37.4 Å². The first kappa shape index (κ1) is 15.7. The molecule has 1 atom stereocenters. The summed E-state index contributed by atoms with van der Waals surface area (Å²) < 4.78 is 0. The van der Waals surface area contributed by atoms with Gasteiger partial charge in [-0.3, -0.25) is 4.90 Å². The molecule has 2 rings (SSSR count). The third-order valence-electron chi connectivity index (χ3n) is 3.59. The molecule has 0 aliphatic heterocycles. The first-order chi connectivity index (χ1) is 10.2. The normalized spacial score (nSPS) is 12.5. The molecule has 2 aromatic rings. The Morgan fingerprint density at radius 2 is 1.33 bits per heavy atom. The lowest BCUT2D eigenvalue weighted by Crippen LogP contribution is -2.24. The van der Waals surface area contributed by atoms with Crippen LogP contribution in [0.4, 0.5) is 0 Å². The molecule has 21 heavy (non-hydrogen) atoms. The van der Waals surface area contributed by atoms with Crippen molar-refractivity contribution in [3.63, 3.8) is 0 Å². The minimum atomic E-state index is -0.208. The van der Waals surface area contributed by atoms with Crippen molar-refractivity contribution in [3.8, 4) is 0 Å². The lowest BCUT2D eigenvalue weighted by atomic mass is 10.1. The summed E-state index contributed by atoms with van der Waals surface area (Å²) in [5.41, 5.74) is 2.68. The van der Waals surface area contributed by atoms with Crippen molar-refractivity contribution >= 4 is 0 Å². The molecule has 0 aliphatic rings. The van der Waals surface area contributed by atoms with Crippen LogP contribution < -0.4 is 0 Å². The second-order valence-corrected chi connectivity index (χ2v) is 5.67. The number of nitrogens with zero attached hydrogens (tertiary/aromatic N) is 1. The molecule has 2 nitrogen and oxygen atoms in total. The molecule has 1 unspecified atom stereocenters. The van der Waals surface area contributed by atoms with Gasteiger partial charge in [0.1, 0.15) is 0 Å². The lowest BCUT2D eigenvalue weighted by molar-refractivity contribution is 0.167. The van der Waals surface area contributed by atoms with Crippen molar-refractivity contribution in [2.75, 3.05) is 6.54 Å². The van der Waals surface area contributed by atoms with Crippen LogP contribution in [0.1, 0.15) is 30.9 Å². The molecule has 0 aromatic heterocycles. The quantitative estimate of drug-likeness (QED) is 0.795. The Morgan fingerprint density at radius 3 is 1.76 bits per heavy atom. The Labute approximate surface area is 128 Å². The predicted molar refractivity (Wildman–Crippen MR) is 87.9 cm³/mol. The fourth-order valence-electron chi connectivity index (χ4n) is 2.51. The van der Waals surface area contributed by atoms with Crippen LogP contribution in [0, 0.1) is 0 Å². The fraction of sp³-hybridized carbons (Fsp3) is 0.368. The van der Waals surface area contributed by atoms with Crippen LogP contribution in [0.3, 0.4) is 0 Å². The average Bonchev–Trinajstić information content (AvgIpc) is 2.49. The molecule has 2 aromatic carbocycles. The number of rotatable bonds is 8. The molecule has 0 fully saturated rings. The number of hydrogen-bond donors (Lipinski definition) is 1. The maximum atomic E-state index is 9.43. The van der Waals surface area contributed by atoms with E-state index in [1.54, 1.807) is 0 Å². The minimum Gasteiger partial charge on any atom is -0.393 e. The first-order valence-corrected chi connectivity index (χ1v) is 7.72. The third-order valence-corrected chi connectivity index (χ3v) is 3.59. The largest absolute Gasteiger partial charge is 0.393 e. The van der Waals surface area contributed by atoms with Gasteiger partial charge in [0.05, 0.1) is 6.10 Å². The van der Waals surface area contributed by atoms with E-state index < -0.39 is 0 Å². The molecule has 0 spiro atoms. The van der Waals surface area contributed by atoms with E-state index in [1.165, 1.54) is 11.1 Å². The summed E-state index contributed by atoms with van der Waals surface area (Å²) in [6.45, 7) is 4.78. The van der Waals surface area contributed by atoms with Crippen molar-refractivity contribution in [1.29, 1.82) is 0 Å². The maximum Gasteiger partial charge on any atom is 0.0512 e. The molecule has 0 amide bonds. The SMILES string of the molecule is CC(O)CCCN(Cc1ccccc1)Cc1ccccc1. The highest BCUT2D eigenvalue weighted by molar-refractivity contribution is 5.17. The molecule has 0 saturated carbocycles. The van der Waals surface area contributed by atoms with Crippen LogP contribution in [0.5, 0.6) is 0 Å². The Bertz CT molecular complexity index is 454. The zero-order valence-corrected chi connectivity index (χ0v) is 12.8. The van der Waals surface area contributed by atoms with Crippen molar-refractivity contribution in [2.45, 2.75) is 39.0 Å². The molecule has 0 heterocycles.